The lowest BCUT2D eigenvalue weighted by Crippen LogP contribution is -2.27. The Morgan fingerprint density at radius 3 is 2.83 bits per heavy atom. The summed E-state index contributed by atoms with van der Waals surface area (Å²) in [6.45, 7) is 4.30. The van der Waals surface area contributed by atoms with Gasteiger partial charge in [0.25, 0.3) is 0 Å². The third-order valence-corrected chi connectivity index (χ3v) is 2.77. The molecule has 96 valence electrons. The number of nitrogens with one attached hydrogen (secondary N) is 1. The average molecular weight is 248 g/mol. The Kier molecular flexibility index (Phi) is 3.45. The molecule has 2 heterocycles. The zero-order valence-corrected chi connectivity index (χ0v) is 10.7. The highest BCUT2D eigenvalue weighted by molar-refractivity contribution is 5.77. The number of carbonyl (C=O) groups is 1. The number of rotatable bonds is 4. The lowest BCUT2D eigenvalue weighted by atomic mass is 10.2. The number of likely N-dealkylation sites (N-methyl/N-ethyl adjacent to an activating group) is 1. The smallest absolute Gasteiger partial charge is 0.230 e. The first-order valence-electron chi connectivity index (χ1n) is 5.71. The normalized spacial score (nSPS) is 10.6. The molecule has 0 aliphatic rings. The van der Waals surface area contributed by atoms with Crippen LogP contribution in [0.15, 0.2) is 16.8 Å². The van der Waals surface area contributed by atoms with E-state index in [0.717, 1.165) is 17.0 Å². The van der Waals surface area contributed by atoms with Crippen LogP contribution in [0.4, 0.5) is 0 Å². The van der Waals surface area contributed by atoms with E-state index in [1.54, 1.807) is 24.2 Å². The molecule has 2 aromatic rings. The number of amides is 1. The van der Waals surface area contributed by atoms with Crippen LogP contribution >= 0.6 is 0 Å². The minimum Gasteiger partial charge on any atom is -0.361 e. The van der Waals surface area contributed by atoms with Crippen molar-refractivity contribution in [3.8, 4) is 0 Å². The zero-order valence-electron chi connectivity index (χ0n) is 10.7. The molecule has 18 heavy (non-hydrogen) atoms. The molecule has 0 unspecified atom stereocenters. The minimum absolute atomic E-state index is 0.00764. The van der Waals surface area contributed by atoms with Gasteiger partial charge in [-0.25, -0.2) is 0 Å². The fourth-order valence-electron chi connectivity index (χ4n) is 1.66. The highest BCUT2D eigenvalue weighted by atomic mass is 16.5. The van der Waals surface area contributed by atoms with Gasteiger partial charge in [0.2, 0.25) is 5.91 Å². The molecule has 0 saturated heterocycles. The second kappa shape index (κ2) is 5.03. The molecular formula is C12H16N4O2. The Labute approximate surface area is 105 Å². The summed E-state index contributed by atoms with van der Waals surface area (Å²) in [5.74, 6) is 0.583. The zero-order chi connectivity index (χ0) is 13.1. The average Bonchev–Trinajstić information content (AvgIpc) is 2.89. The van der Waals surface area contributed by atoms with Gasteiger partial charge >= 0.3 is 0 Å². The second-order valence-corrected chi connectivity index (χ2v) is 4.38. The number of aromatic amines is 1. The van der Waals surface area contributed by atoms with Gasteiger partial charge in [-0.2, -0.15) is 5.10 Å². The maximum atomic E-state index is 12.0. The highest BCUT2D eigenvalue weighted by Crippen LogP contribution is 2.09. The van der Waals surface area contributed by atoms with Crippen molar-refractivity contribution in [1.82, 2.24) is 20.3 Å². The fourth-order valence-corrected chi connectivity index (χ4v) is 1.66. The Morgan fingerprint density at radius 1 is 1.50 bits per heavy atom. The molecule has 0 fully saturated rings. The van der Waals surface area contributed by atoms with E-state index in [4.69, 9.17) is 4.52 Å². The van der Waals surface area contributed by atoms with Crippen molar-refractivity contribution in [2.45, 2.75) is 26.8 Å². The number of nitrogens with zero attached hydrogens (tertiary/aromatic N) is 3. The van der Waals surface area contributed by atoms with E-state index in [9.17, 15) is 4.79 Å². The third-order valence-electron chi connectivity index (χ3n) is 2.77. The van der Waals surface area contributed by atoms with Gasteiger partial charge < -0.3 is 9.42 Å². The maximum absolute atomic E-state index is 12.0. The van der Waals surface area contributed by atoms with Crippen molar-refractivity contribution in [2.75, 3.05) is 7.05 Å². The summed E-state index contributed by atoms with van der Waals surface area (Å²) in [5.41, 5.74) is 2.77. The van der Waals surface area contributed by atoms with Crippen molar-refractivity contribution in [3.63, 3.8) is 0 Å². The fraction of sp³-hybridized carbons (Fsp3) is 0.417. The Balaban J connectivity index is 1.95. The van der Waals surface area contributed by atoms with Crippen molar-refractivity contribution in [3.05, 3.63) is 35.0 Å². The van der Waals surface area contributed by atoms with Crippen molar-refractivity contribution in [2.24, 2.45) is 0 Å². The highest BCUT2D eigenvalue weighted by Gasteiger charge is 2.14. The van der Waals surface area contributed by atoms with Gasteiger partial charge in [-0.05, 0) is 13.8 Å². The summed E-state index contributed by atoms with van der Waals surface area (Å²) in [4.78, 5) is 13.6. The van der Waals surface area contributed by atoms with E-state index < -0.39 is 0 Å². The van der Waals surface area contributed by atoms with Crippen LogP contribution < -0.4 is 0 Å². The summed E-state index contributed by atoms with van der Waals surface area (Å²) in [5, 5.41) is 10.5. The summed E-state index contributed by atoms with van der Waals surface area (Å²) < 4.78 is 5.03. The SMILES string of the molecule is Cc1cc(CC(=O)N(C)Cc2cn[nH]c2C)on1. The Bertz CT molecular complexity index is 544. The van der Waals surface area contributed by atoms with Crippen molar-refractivity contribution < 1.29 is 9.32 Å². The largest absolute Gasteiger partial charge is 0.361 e. The maximum Gasteiger partial charge on any atom is 0.230 e. The number of H-pyrrole nitrogens is 1. The van der Waals surface area contributed by atoms with Crippen LogP contribution in [-0.2, 0) is 17.8 Å². The summed E-state index contributed by atoms with van der Waals surface area (Å²) in [6.07, 6.45) is 1.96. The van der Waals surface area contributed by atoms with E-state index in [1.165, 1.54) is 0 Å². The Morgan fingerprint density at radius 2 is 2.28 bits per heavy atom. The van der Waals surface area contributed by atoms with Gasteiger partial charge in [0, 0.05) is 30.9 Å². The van der Waals surface area contributed by atoms with Crippen LogP contribution in [0.3, 0.4) is 0 Å². The first-order valence-corrected chi connectivity index (χ1v) is 5.71. The molecule has 2 rings (SSSR count). The molecule has 0 radical (unpaired) electrons. The second-order valence-electron chi connectivity index (χ2n) is 4.38. The van der Waals surface area contributed by atoms with E-state index in [1.807, 2.05) is 13.8 Å². The number of hydrogen-bond donors (Lipinski definition) is 1. The monoisotopic (exact) mass is 248 g/mol. The van der Waals surface area contributed by atoms with Gasteiger partial charge in [0.05, 0.1) is 18.3 Å². The quantitative estimate of drug-likeness (QED) is 0.882. The summed E-state index contributed by atoms with van der Waals surface area (Å²) in [7, 11) is 1.76. The van der Waals surface area contributed by atoms with Crippen LogP contribution in [0.1, 0.15) is 22.7 Å². The van der Waals surface area contributed by atoms with E-state index >= 15 is 0 Å². The summed E-state index contributed by atoms with van der Waals surface area (Å²) >= 11 is 0. The Hall–Kier alpha value is -2.11. The molecule has 6 nitrogen and oxygen atoms in total. The minimum atomic E-state index is -0.00764. The van der Waals surface area contributed by atoms with Gasteiger partial charge in [-0.15, -0.1) is 0 Å². The first-order chi connectivity index (χ1) is 8.56. The van der Waals surface area contributed by atoms with Crippen LogP contribution in [0.5, 0.6) is 0 Å². The van der Waals surface area contributed by atoms with Gasteiger partial charge in [-0.1, -0.05) is 5.16 Å². The molecule has 0 saturated carbocycles. The molecule has 1 amide bonds. The molecule has 2 aromatic heterocycles. The molecule has 0 aromatic carbocycles. The molecule has 6 heteroatoms. The van der Waals surface area contributed by atoms with Crippen molar-refractivity contribution >= 4 is 5.91 Å². The number of hydrogen-bond acceptors (Lipinski definition) is 4. The number of aryl methyl sites for hydroxylation is 2. The van der Waals surface area contributed by atoms with E-state index in [2.05, 4.69) is 15.4 Å². The van der Waals surface area contributed by atoms with Crippen LogP contribution in [0.25, 0.3) is 0 Å². The van der Waals surface area contributed by atoms with Gasteiger partial charge in [0.15, 0.2) is 0 Å². The van der Waals surface area contributed by atoms with Crippen LogP contribution in [0.2, 0.25) is 0 Å². The first kappa shape index (κ1) is 12.3. The van der Waals surface area contributed by atoms with Crippen LogP contribution in [0, 0.1) is 13.8 Å². The van der Waals surface area contributed by atoms with Crippen LogP contribution in [-0.4, -0.2) is 33.2 Å². The standard InChI is InChI=1S/C12H16N4O2/c1-8-4-11(18-15-8)5-12(17)16(3)7-10-6-13-14-9(10)2/h4,6H,5,7H2,1-3H3,(H,13,14). The molecule has 0 aliphatic carbocycles. The third kappa shape index (κ3) is 2.77. The lowest BCUT2D eigenvalue weighted by molar-refractivity contribution is -0.130. The lowest BCUT2D eigenvalue weighted by Gasteiger charge is -2.15. The molecule has 0 bridgehead atoms. The molecule has 0 spiro atoms. The predicted octanol–water partition coefficient (Wildman–Crippen LogP) is 1.22. The molecule has 1 N–H and O–H groups in total. The van der Waals surface area contributed by atoms with E-state index in [-0.39, 0.29) is 12.3 Å². The molecule has 0 atom stereocenters. The van der Waals surface area contributed by atoms with Crippen molar-refractivity contribution in [1.29, 1.82) is 0 Å². The van der Waals surface area contributed by atoms with E-state index in [0.29, 0.717) is 12.3 Å². The predicted molar refractivity (Wildman–Crippen MR) is 64.7 cm³/mol. The van der Waals surface area contributed by atoms with Gasteiger partial charge in [0.1, 0.15) is 5.76 Å². The topological polar surface area (TPSA) is 75.0 Å². The summed E-state index contributed by atoms with van der Waals surface area (Å²) in [6, 6.07) is 1.77. The van der Waals surface area contributed by atoms with Gasteiger partial charge in [-0.3, -0.25) is 9.89 Å². The number of aromatic nitrogens is 3. The molecule has 0 aliphatic heterocycles. The number of carbonyl (C=O) groups excluding carboxylic acids is 1. The molecular weight excluding hydrogens is 232 g/mol.